The lowest BCUT2D eigenvalue weighted by Gasteiger charge is -2.18. The van der Waals surface area contributed by atoms with E-state index in [0.29, 0.717) is 11.3 Å². The van der Waals surface area contributed by atoms with E-state index in [-0.39, 0.29) is 11.7 Å². The summed E-state index contributed by atoms with van der Waals surface area (Å²) >= 11 is 0. The lowest BCUT2D eigenvalue weighted by molar-refractivity contribution is 0.102. The summed E-state index contributed by atoms with van der Waals surface area (Å²) < 4.78 is 0. The summed E-state index contributed by atoms with van der Waals surface area (Å²) in [6.45, 7) is 2.90. The van der Waals surface area contributed by atoms with Crippen LogP contribution in [0.15, 0.2) is 36.4 Å². The number of aromatic hydroxyl groups is 1. The molecule has 0 aromatic heterocycles. The predicted octanol–water partition coefficient (Wildman–Crippen LogP) is 3.31. The number of hydrogen-bond acceptors (Lipinski definition) is 3. The van der Waals surface area contributed by atoms with Gasteiger partial charge in [0.05, 0.1) is 5.69 Å². The van der Waals surface area contributed by atoms with E-state index in [1.165, 1.54) is 5.56 Å². The Hall–Kier alpha value is -2.49. The molecule has 4 heteroatoms. The van der Waals surface area contributed by atoms with E-state index in [2.05, 4.69) is 10.6 Å². The highest BCUT2D eigenvalue weighted by atomic mass is 16.3. The van der Waals surface area contributed by atoms with Crippen molar-refractivity contribution in [3.63, 3.8) is 0 Å². The molecule has 3 rings (SSSR count). The van der Waals surface area contributed by atoms with Gasteiger partial charge in [-0.05, 0) is 61.2 Å². The Morgan fingerprint density at radius 3 is 2.95 bits per heavy atom. The number of hydrogen-bond donors (Lipinski definition) is 3. The molecule has 1 heterocycles. The largest absolute Gasteiger partial charge is 0.506 e. The standard InChI is InChI=1S/C17H18N2O2/c1-11-4-7-16(20)15(9-11)19-17(21)13-5-6-14-12(10-13)3-2-8-18-14/h4-7,9-10,18,20H,2-3,8H2,1H3,(H,19,21). The number of fused-ring (bicyclic) bond motifs is 1. The zero-order chi connectivity index (χ0) is 14.8. The van der Waals surface area contributed by atoms with Crippen molar-refractivity contribution in [2.75, 3.05) is 17.2 Å². The predicted molar refractivity (Wildman–Crippen MR) is 84.0 cm³/mol. The molecule has 4 nitrogen and oxygen atoms in total. The highest BCUT2D eigenvalue weighted by Crippen LogP contribution is 2.26. The highest BCUT2D eigenvalue weighted by molar-refractivity contribution is 6.05. The van der Waals surface area contributed by atoms with Gasteiger partial charge in [-0.25, -0.2) is 0 Å². The van der Waals surface area contributed by atoms with Crippen LogP contribution in [0.3, 0.4) is 0 Å². The van der Waals surface area contributed by atoms with Crippen molar-refractivity contribution in [3.8, 4) is 5.75 Å². The van der Waals surface area contributed by atoms with Crippen LogP contribution in [-0.4, -0.2) is 17.6 Å². The minimum Gasteiger partial charge on any atom is -0.506 e. The first-order valence-corrected chi connectivity index (χ1v) is 7.11. The number of amides is 1. The summed E-state index contributed by atoms with van der Waals surface area (Å²) in [7, 11) is 0. The van der Waals surface area contributed by atoms with Gasteiger partial charge in [0.25, 0.3) is 5.91 Å². The summed E-state index contributed by atoms with van der Waals surface area (Å²) in [5.41, 5.74) is 4.31. The van der Waals surface area contributed by atoms with Gasteiger partial charge in [-0.3, -0.25) is 4.79 Å². The van der Waals surface area contributed by atoms with Gasteiger partial charge in [0.2, 0.25) is 0 Å². The lowest BCUT2D eigenvalue weighted by atomic mass is 10.0. The average molecular weight is 282 g/mol. The van der Waals surface area contributed by atoms with Gasteiger partial charge in [0.1, 0.15) is 5.75 Å². The Balaban J connectivity index is 1.83. The average Bonchev–Trinajstić information content (AvgIpc) is 2.50. The third-order valence-corrected chi connectivity index (χ3v) is 3.71. The van der Waals surface area contributed by atoms with E-state index in [0.717, 1.165) is 30.6 Å². The van der Waals surface area contributed by atoms with E-state index >= 15 is 0 Å². The Kier molecular flexibility index (Phi) is 3.52. The maximum atomic E-state index is 12.3. The molecule has 0 saturated carbocycles. The van der Waals surface area contributed by atoms with E-state index in [1.807, 2.05) is 19.1 Å². The molecule has 2 aromatic carbocycles. The highest BCUT2D eigenvalue weighted by Gasteiger charge is 2.13. The van der Waals surface area contributed by atoms with Crippen LogP contribution in [-0.2, 0) is 6.42 Å². The molecular weight excluding hydrogens is 264 g/mol. The van der Waals surface area contributed by atoms with Crippen LogP contribution in [0.4, 0.5) is 11.4 Å². The number of anilines is 2. The molecule has 0 radical (unpaired) electrons. The number of carbonyl (C=O) groups is 1. The number of benzene rings is 2. The smallest absolute Gasteiger partial charge is 0.255 e. The molecule has 1 aliphatic heterocycles. The van der Waals surface area contributed by atoms with Crippen LogP contribution in [0.1, 0.15) is 27.9 Å². The summed E-state index contributed by atoms with van der Waals surface area (Å²) in [5.74, 6) is -0.127. The van der Waals surface area contributed by atoms with E-state index in [4.69, 9.17) is 0 Å². The topological polar surface area (TPSA) is 61.4 Å². The zero-order valence-electron chi connectivity index (χ0n) is 11.9. The zero-order valence-corrected chi connectivity index (χ0v) is 11.9. The molecule has 1 aliphatic rings. The van der Waals surface area contributed by atoms with Crippen LogP contribution in [0.5, 0.6) is 5.75 Å². The van der Waals surface area contributed by atoms with Gasteiger partial charge in [0, 0.05) is 17.8 Å². The van der Waals surface area contributed by atoms with Gasteiger partial charge in [-0.2, -0.15) is 0 Å². The molecule has 2 aromatic rings. The van der Waals surface area contributed by atoms with E-state index < -0.39 is 0 Å². The molecule has 0 bridgehead atoms. The molecule has 0 aliphatic carbocycles. The monoisotopic (exact) mass is 282 g/mol. The molecular formula is C17H18N2O2. The van der Waals surface area contributed by atoms with Gasteiger partial charge in [-0.15, -0.1) is 0 Å². The molecule has 0 atom stereocenters. The third kappa shape index (κ3) is 2.84. The molecule has 0 unspecified atom stereocenters. The fourth-order valence-electron chi connectivity index (χ4n) is 2.56. The Labute approximate surface area is 123 Å². The van der Waals surface area contributed by atoms with Gasteiger partial charge >= 0.3 is 0 Å². The molecule has 1 amide bonds. The number of phenols is 1. The second-order valence-corrected chi connectivity index (χ2v) is 5.38. The number of phenolic OH excluding ortho intramolecular Hbond substituents is 1. The van der Waals surface area contributed by atoms with Crippen LogP contribution >= 0.6 is 0 Å². The molecule has 3 N–H and O–H groups in total. The summed E-state index contributed by atoms with van der Waals surface area (Å²) in [4.78, 5) is 12.3. The van der Waals surface area contributed by atoms with Crippen LogP contribution in [0.2, 0.25) is 0 Å². The van der Waals surface area contributed by atoms with Crippen molar-refractivity contribution in [1.29, 1.82) is 0 Å². The van der Waals surface area contributed by atoms with Crippen LogP contribution in [0.25, 0.3) is 0 Å². The van der Waals surface area contributed by atoms with Crippen molar-refractivity contribution in [3.05, 3.63) is 53.1 Å². The Morgan fingerprint density at radius 1 is 1.24 bits per heavy atom. The number of rotatable bonds is 2. The quantitative estimate of drug-likeness (QED) is 0.741. The summed E-state index contributed by atoms with van der Waals surface area (Å²) in [6.07, 6.45) is 2.07. The van der Waals surface area contributed by atoms with Crippen LogP contribution in [0, 0.1) is 6.92 Å². The first kappa shape index (κ1) is 13.5. The fraction of sp³-hybridized carbons (Fsp3) is 0.235. The number of nitrogens with one attached hydrogen (secondary N) is 2. The van der Waals surface area contributed by atoms with E-state index in [9.17, 15) is 9.90 Å². The van der Waals surface area contributed by atoms with Gasteiger partial charge in [-0.1, -0.05) is 6.07 Å². The number of aryl methyl sites for hydroxylation is 2. The molecule has 21 heavy (non-hydrogen) atoms. The summed E-state index contributed by atoms with van der Waals surface area (Å²) in [6, 6.07) is 10.8. The minimum absolute atomic E-state index is 0.0774. The fourth-order valence-corrected chi connectivity index (χ4v) is 2.56. The second-order valence-electron chi connectivity index (χ2n) is 5.38. The third-order valence-electron chi connectivity index (χ3n) is 3.71. The lowest BCUT2D eigenvalue weighted by Crippen LogP contribution is -2.15. The summed E-state index contributed by atoms with van der Waals surface area (Å²) in [5, 5.41) is 15.9. The minimum atomic E-state index is -0.204. The van der Waals surface area contributed by atoms with E-state index in [1.54, 1.807) is 24.3 Å². The van der Waals surface area contributed by atoms with Crippen molar-refractivity contribution >= 4 is 17.3 Å². The molecule has 0 saturated heterocycles. The van der Waals surface area contributed by atoms with Gasteiger partial charge in [0.15, 0.2) is 0 Å². The first-order valence-electron chi connectivity index (χ1n) is 7.11. The molecule has 0 spiro atoms. The normalized spacial score (nSPS) is 13.2. The van der Waals surface area contributed by atoms with Crippen molar-refractivity contribution in [2.45, 2.75) is 19.8 Å². The molecule has 0 fully saturated rings. The van der Waals surface area contributed by atoms with Crippen molar-refractivity contribution in [1.82, 2.24) is 0 Å². The second kappa shape index (κ2) is 5.48. The maximum absolute atomic E-state index is 12.3. The van der Waals surface area contributed by atoms with Crippen molar-refractivity contribution in [2.24, 2.45) is 0 Å². The van der Waals surface area contributed by atoms with Gasteiger partial charge < -0.3 is 15.7 Å². The Morgan fingerprint density at radius 2 is 2.10 bits per heavy atom. The van der Waals surface area contributed by atoms with Crippen molar-refractivity contribution < 1.29 is 9.90 Å². The SMILES string of the molecule is Cc1ccc(O)c(NC(=O)c2ccc3c(c2)CCCN3)c1. The maximum Gasteiger partial charge on any atom is 0.255 e. The van der Waals surface area contributed by atoms with Crippen LogP contribution < -0.4 is 10.6 Å². The number of carbonyl (C=O) groups excluding carboxylic acids is 1. The Bertz CT molecular complexity index is 695. The first-order chi connectivity index (χ1) is 10.1. The molecule has 108 valence electrons.